The molecule has 0 saturated carbocycles. The fourth-order valence-electron chi connectivity index (χ4n) is 2.77. The Morgan fingerprint density at radius 3 is 2.77 bits per heavy atom. The van der Waals surface area contributed by atoms with E-state index in [1.807, 2.05) is 60.8 Å². The summed E-state index contributed by atoms with van der Waals surface area (Å²) in [6.45, 7) is 1.92. The predicted octanol–water partition coefficient (Wildman–Crippen LogP) is 5.11. The first-order valence-electron chi connectivity index (χ1n) is 9.13. The summed E-state index contributed by atoms with van der Waals surface area (Å²) >= 11 is 7.92. The number of aryl methyl sites for hydroxylation is 1. The third-order valence-electron chi connectivity index (χ3n) is 4.23. The Hall–Kier alpha value is -3.29. The monoisotopic (exact) mass is 436 g/mol. The van der Waals surface area contributed by atoms with Gasteiger partial charge in [-0.1, -0.05) is 35.9 Å². The van der Waals surface area contributed by atoms with Gasteiger partial charge in [0.2, 0.25) is 0 Å². The molecule has 4 rings (SSSR count). The molecule has 0 spiro atoms. The third-order valence-corrected chi connectivity index (χ3v) is 5.51. The van der Waals surface area contributed by atoms with Crippen LogP contribution in [-0.4, -0.2) is 25.7 Å². The maximum absolute atomic E-state index is 12.1. The molecule has 0 aliphatic rings. The second-order valence-electron chi connectivity index (χ2n) is 6.34. The van der Waals surface area contributed by atoms with Gasteiger partial charge in [-0.15, -0.1) is 11.3 Å². The molecule has 8 heteroatoms. The van der Waals surface area contributed by atoms with Crippen LogP contribution in [0.5, 0.6) is 0 Å². The zero-order chi connectivity index (χ0) is 20.9. The molecule has 1 aromatic carbocycles. The van der Waals surface area contributed by atoms with E-state index in [1.165, 1.54) is 17.4 Å². The van der Waals surface area contributed by atoms with Crippen molar-refractivity contribution in [3.05, 3.63) is 88.3 Å². The average Bonchev–Trinajstić information content (AvgIpc) is 3.37. The molecule has 0 fully saturated rings. The number of aromatic nitrogens is 4. The molecule has 0 amide bonds. The van der Waals surface area contributed by atoms with Crippen LogP contribution in [0.4, 0.5) is 0 Å². The minimum atomic E-state index is -0.481. The number of pyridine rings is 1. The molecule has 30 heavy (non-hydrogen) atoms. The second-order valence-corrected chi connectivity index (χ2v) is 7.55. The number of esters is 1. The molecule has 0 radical (unpaired) electrons. The molecule has 0 aliphatic heterocycles. The topological polar surface area (TPSA) is 69.9 Å². The van der Waals surface area contributed by atoms with Gasteiger partial charge in [0.15, 0.2) is 0 Å². The maximum Gasteiger partial charge on any atom is 0.331 e. The first kappa shape index (κ1) is 20.0. The molecular formula is C22H17ClN4O2S. The van der Waals surface area contributed by atoms with Crippen LogP contribution in [0.15, 0.2) is 66.2 Å². The van der Waals surface area contributed by atoms with Gasteiger partial charge in [0, 0.05) is 23.2 Å². The second kappa shape index (κ2) is 9.02. The fourth-order valence-corrected chi connectivity index (χ4v) is 3.88. The maximum atomic E-state index is 12.1. The Bertz CT molecular complexity index is 1190. The highest BCUT2D eigenvalue weighted by Gasteiger charge is 2.13. The number of halogens is 1. The van der Waals surface area contributed by atoms with Gasteiger partial charge in [0.1, 0.15) is 16.8 Å². The summed E-state index contributed by atoms with van der Waals surface area (Å²) in [5, 5.41) is 7.52. The summed E-state index contributed by atoms with van der Waals surface area (Å²) in [7, 11) is 0. The van der Waals surface area contributed by atoms with Crippen molar-refractivity contribution >= 4 is 35.0 Å². The van der Waals surface area contributed by atoms with Crippen LogP contribution in [0.3, 0.4) is 0 Å². The largest absolute Gasteiger partial charge is 0.456 e. The highest BCUT2D eigenvalue weighted by Crippen LogP contribution is 2.25. The van der Waals surface area contributed by atoms with Gasteiger partial charge in [-0.05, 0) is 37.3 Å². The van der Waals surface area contributed by atoms with Crippen molar-refractivity contribution in [3.63, 3.8) is 0 Å². The van der Waals surface area contributed by atoms with Gasteiger partial charge >= 0.3 is 5.97 Å². The lowest BCUT2D eigenvalue weighted by molar-refractivity contribution is -0.139. The van der Waals surface area contributed by atoms with E-state index in [9.17, 15) is 4.79 Å². The summed E-state index contributed by atoms with van der Waals surface area (Å²) in [6, 6.07) is 15.2. The number of carbonyl (C=O) groups excluding carboxylic acids is 1. The Labute approximate surface area is 182 Å². The Morgan fingerprint density at radius 1 is 1.20 bits per heavy atom. The molecular weight excluding hydrogens is 420 g/mol. The number of nitrogens with zero attached hydrogens (tertiary/aromatic N) is 4. The highest BCUT2D eigenvalue weighted by atomic mass is 35.5. The SMILES string of the molecule is Cc1nn(-c2ccccc2)c(Cl)c1/C=C/C(=O)OCc1csc(-c2ccccn2)n1. The molecule has 0 N–H and O–H groups in total. The first-order chi connectivity index (χ1) is 14.6. The van der Waals surface area contributed by atoms with Crippen LogP contribution in [0.1, 0.15) is 17.0 Å². The number of hydrogen-bond acceptors (Lipinski definition) is 6. The fraction of sp³-hybridized carbons (Fsp3) is 0.0909. The molecule has 0 unspecified atom stereocenters. The van der Waals surface area contributed by atoms with Crippen LogP contribution in [0.25, 0.3) is 22.5 Å². The van der Waals surface area contributed by atoms with Crippen LogP contribution >= 0.6 is 22.9 Å². The van der Waals surface area contributed by atoms with Crippen LogP contribution in [0, 0.1) is 6.92 Å². The Kier molecular flexibility index (Phi) is 6.02. The summed E-state index contributed by atoms with van der Waals surface area (Å²) in [5.41, 5.74) is 3.70. The molecule has 150 valence electrons. The summed E-state index contributed by atoms with van der Waals surface area (Å²) in [6.07, 6.45) is 4.68. The van der Waals surface area contributed by atoms with Gasteiger partial charge in [-0.3, -0.25) is 4.98 Å². The van der Waals surface area contributed by atoms with Crippen molar-refractivity contribution < 1.29 is 9.53 Å². The van der Waals surface area contributed by atoms with E-state index < -0.39 is 5.97 Å². The quantitative estimate of drug-likeness (QED) is 0.310. The summed E-state index contributed by atoms with van der Waals surface area (Å²) in [5.74, 6) is -0.481. The van der Waals surface area contributed by atoms with Crippen LogP contribution < -0.4 is 0 Å². The number of para-hydroxylation sites is 1. The van der Waals surface area contributed by atoms with E-state index in [0.717, 1.165) is 16.4 Å². The van der Waals surface area contributed by atoms with Crippen molar-refractivity contribution in [2.45, 2.75) is 13.5 Å². The number of ether oxygens (including phenoxy) is 1. The minimum Gasteiger partial charge on any atom is -0.456 e. The lowest BCUT2D eigenvalue weighted by atomic mass is 10.2. The van der Waals surface area contributed by atoms with Crippen LogP contribution in [0.2, 0.25) is 5.15 Å². The van der Waals surface area contributed by atoms with E-state index in [2.05, 4.69) is 15.1 Å². The number of carbonyl (C=O) groups is 1. The average molecular weight is 437 g/mol. The van der Waals surface area contributed by atoms with Crippen molar-refractivity contribution in [3.8, 4) is 16.4 Å². The number of rotatable bonds is 6. The smallest absolute Gasteiger partial charge is 0.331 e. The van der Waals surface area contributed by atoms with E-state index in [0.29, 0.717) is 22.1 Å². The first-order valence-corrected chi connectivity index (χ1v) is 10.4. The number of thiazole rings is 1. The number of benzene rings is 1. The summed E-state index contributed by atoms with van der Waals surface area (Å²) < 4.78 is 6.93. The predicted molar refractivity (Wildman–Crippen MR) is 117 cm³/mol. The van der Waals surface area contributed by atoms with E-state index in [4.69, 9.17) is 16.3 Å². The zero-order valence-electron chi connectivity index (χ0n) is 16.0. The minimum absolute atomic E-state index is 0.0858. The molecule has 3 aromatic heterocycles. The molecule has 4 aromatic rings. The van der Waals surface area contributed by atoms with Gasteiger partial charge < -0.3 is 4.74 Å². The van der Waals surface area contributed by atoms with Crippen molar-refractivity contribution in [1.82, 2.24) is 19.7 Å². The molecule has 0 saturated heterocycles. The van der Waals surface area contributed by atoms with E-state index >= 15 is 0 Å². The van der Waals surface area contributed by atoms with Crippen molar-refractivity contribution in [1.29, 1.82) is 0 Å². The zero-order valence-corrected chi connectivity index (χ0v) is 17.6. The third kappa shape index (κ3) is 4.48. The molecule has 0 bridgehead atoms. The normalized spacial score (nSPS) is 11.1. The molecule has 0 aliphatic carbocycles. The van der Waals surface area contributed by atoms with E-state index in [-0.39, 0.29) is 6.61 Å². The Balaban J connectivity index is 1.40. The van der Waals surface area contributed by atoms with Gasteiger partial charge in [0.05, 0.1) is 22.8 Å². The molecule has 3 heterocycles. The van der Waals surface area contributed by atoms with Gasteiger partial charge in [-0.2, -0.15) is 5.10 Å². The van der Waals surface area contributed by atoms with Gasteiger partial charge in [0.25, 0.3) is 0 Å². The van der Waals surface area contributed by atoms with Crippen LogP contribution in [-0.2, 0) is 16.1 Å². The lowest BCUT2D eigenvalue weighted by Crippen LogP contribution is -2.01. The summed E-state index contributed by atoms with van der Waals surface area (Å²) in [4.78, 5) is 20.9. The lowest BCUT2D eigenvalue weighted by Gasteiger charge is -2.02. The van der Waals surface area contributed by atoms with Crippen molar-refractivity contribution in [2.24, 2.45) is 0 Å². The van der Waals surface area contributed by atoms with Crippen molar-refractivity contribution in [2.75, 3.05) is 0 Å². The molecule has 0 atom stereocenters. The molecule has 6 nitrogen and oxygen atoms in total. The highest BCUT2D eigenvalue weighted by molar-refractivity contribution is 7.13. The standard InChI is InChI=1S/C22H17ClN4O2S/c1-15-18(21(23)27(26-15)17-7-3-2-4-8-17)10-11-20(28)29-13-16-14-30-22(25-16)19-9-5-6-12-24-19/h2-12,14H,13H2,1H3/b11-10+. The Morgan fingerprint density at radius 2 is 2.00 bits per heavy atom. The number of hydrogen-bond donors (Lipinski definition) is 0. The van der Waals surface area contributed by atoms with E-state index in [1.54, 1.807) is 17.0 Å². The van der Waals surface area contributed by atoms with Gasteiger partial charge in [-0.25, -0.2) is 14.5 Å².